The molecule has 2 heterocycles. The molecule has 3 unspecified atom stereocenters. The molecule has 114 valence electrons. The molecule has 1 aromatic rings. The lowest BCUT2D eigenvalue weighted by atomic mass is 9.95. The average Bonchev–Trinajstić information content (AvgIpc) is 2.99. The molecule has 3 rings (SSSR count). The van der Waals surface area contributed by atoms with Crippen molar-refractivity contribution in [3.63, 3.8) is 0 Å². The van der Waals surface area contributed by atoms with Gasteiger partial charge in [0.2, 0.25) is 0 Å². The Balaban J connectivity index is 1.78. The molecular weight excluding hydrogens is 351 g/mol. The molecule has 3 atom stereocenters. The summed E-state index contributed by atoms with van der Waals surface area (Å²) in [5.41, 5.74) is -0.840. The Kier molecular flexibility index (Phi) is 3.73. The first kappa shape index (κ1) is 14.8. The van der Waals surface area contributed by atoms with Gasteiger partial charge in [-0.2, -0.15) is 13.2 Å². The molecule has 2 bridgehead atoms. The van der Waals surface area contributed by atoms with Crippen molar-refractivity contribution in [1.29, 1.82) is 0 Å². The van der Waals surface area contributed by atoms with Gasteiger partial charge in [0.1, 0.15) is 0 Å². The van der Waals surface area contributed by atoms with E-state index in [9.17, 15) is 18.0 Å². The molecule has 0 spiro atoms. The predicted molar refractivity (Wildman–Crippen MR) is 72.9 cm³/mol. The number of benzene rings is 1. The van der Waals surface area contributed by atoms with Crippen LogP contribution in [0.25, 0.3) is 0 Å². The van der Waals surface area contributed by atoms with E-state index in [1.54, 1.807) is 0 Å². The highest BCUT2D eigenvalue weighted by Gasteiger charge is 2.41. The van der Waals surface area contributed by atoms with Gasteiger partial charge in [0.05, 0.1) is 29.4 Å². The van der Waals surface area contributed by atoms with E-state index in [1.165, 1.54) is 6.07 Å². The number of rotatable bonds is 2. The number of hydrogen-bond acceptors (Lipinski definition) is 2. The Morgan fingerprint density at radius 2 is 2.10 bits per heavy atom. The minimum atomic E-state index is -4.47. The lowest BCUT2D eigenvalue weighted by Gasteiger charge is -2.20. The minimum Gasteiger partial charge on any atom is -0.373 e. The lowest BCUT2D eigenvalue weighted by molar-refractivity contribution is -0.137. The number of carbonyl (C=O) groups is 1. The van der Waals surface area contributed by atoms with Crippen LogP contribution in [0.1, 0.15) is 35.2 Å². The fourth-order valence-corrected chi connectivity index (χ4v) is 3.34. The van der Waals surface area contributed by atoms with Gasteiger partial charge in [-0.15, -0.1) is 0 Å². The van der Waals surface area contributed by atoms with Crippen LogP contribution >= 0.6 is 15.9 Å². The van der Waals surface area contributed by atoms with E-state index < -0.39 is 17.6 Å². The summed E-state index contributed by atoms with van der Waals surface area (Å²) in [6.45, 7) is 0. The zero-order chi connectivity index (χ0) is 15.2. The number of nitrogens with one attached hydrogen (secondary N) is 1. The van der Waals surface area contributed by atoms with E-state index in [2.05, 4.69) is 21.2 Å². The Labute approximate surface area is 128 Å². The molecule has 0 radical (unpaired) electrons. The lowest BCUT2D eigenvalue weighted by Crippen LogP contribution is -2.41. The second-order valence-electron chi connectivity index (χ2n) is 5.38. The van der Waals surface area contributed by atoms with E-state index >= 15 is 0 Å². The number of ether oxygens (including phenoxy) is 1. The van der Waals surface area contributed by atoms with Gasteiger partial charge in [0.25, 0.3) is 5.91 Å². The van der Waals surface area contributed by atoms with Crippen molar-refractivity contribution in [3.8, 4) is 0 Å². The Morgan fingerprint density at radius 1 is 1.33 bits per heavy atom. The molecule has 21 heavy (non-hydrogen) atoms. The summed E-state index contributed by atoms with van der Waals surface area (Å²) in [6.07, 6.45) is -1.70. The maximum absolute atomic E-state index is 12.7. The van der Waals surface area contributed by atoms with Gasteiger partial charge >= 0.3 is 6.18 Å². The zero-order valence-corrected chi connectivity index (χ0v) is 12.5. The fourth-order valence-electron chi connectivity index (χ4n) is 2.91. The second kappa shape index (κ2) is 5.28. The monoisotopic (exact) mass is 363 g/mol. The van der Waals surface area contributed by atoms with E-state index in [0.717, 1.165) is 31.4 Å². The third kappa shape index (κ3) is 2.94. The largest absolute Gasteiger partial charge is 0.416 e. The van der Waals surface area contributed by atoms with Crippen LogP contribution in [0.3, 0.4) is 0 Å². The van der Waals surface area contributed by atoms with Gasteiger partial charge in [-0.1, -0.05) is 0 Å². The highest BCUT2D eigenvalue weighted by Crippen LogP contribution is 2.35. The van der Waals surface area contributed by atoms with Crippen molar-refractivity contribution in [2.75, 3.05) is 0 Å². The molecule has 0 aromatic heterocycles. The van der Waals surface area contributed by atoms with Crippen LogP contribution in [0.5, 0.6) is 0 Å². The summed E-state index contributed by atoms with van der Waals surface area (Å²) in [5, 5.41) is 2.78. The van der Waals surface area contributed by atoms with Gasteiger partial charge < -0.3 is 10.1 Å². The van der Waals surface area contributed by atoms with Crippen LogP contribution in [0.4, 0.5) is 13.2 Å². The van der Waals surface area contributed by atoms with E-state index in [1.807, 2.05) is 0 Å². The molecule has 1 N–H and O–H groups in total. The summed E-state index contributed by atoms with van der Waals surface area (Å²) >= 11 is 3.13. The Morgan fingerprint density at radius 3 is 2.67 bits per heavy atom. The molecule has 0 aliphatic carbocycles. The number of fused-ring (bicyclic) bond motifs is 2. The summed E-state index contributed by atoms with van der Waals surface area (Å²) in [7, 11) is 0. The number of carbonyl (C=O) groups excluding carboxylic acids is 1. The molecule has 2 fully saturated rings. The maximum Gasteiger partial charge on any atom is 0.416 e. The van der Waals surface area contributed by atoms with Crippen molar-refractivity contribution in [2.45, 2.75) is 43.7 Å². The van der Waals surface area contributed by atoms with Crippen LogP contribution in [0, 0.1) is 0 Å². The molecule has 1 amide bonds. The highest BCUT2D eigenvalue weighted by atomic mass is 79.9. The molecule has 2 saturated heterocycles. The van der Waals surface area contributed by atoms with Crippen molar-refractivity contribution >= 4 is 21.8 Å². The van der Waals surface area contributed by atoms with Crippen molar-refractivity contribution in [1.82, 2.24) is 5.32 Å². The number of hydrogen-bond donors (Lipinski definition) is 1. The molecular formula is C14H13BrF3NO2. The quantitative estimate of drug-likeness (QED) is 0.872. The zero-order valence-electron chi connectivity index (χ0n) is 10.9. The fraction of sp³-hybridized carbons (Fsp3) is 0.500. The molecule has 1 aromatic carbocycles. The molecule has 2 aliphatic rings. The second-order valence-corrected chi connectivity index (χ2v) is 6.24. The Hall–Kier alpha value is -1.08. The topological polar surface area (TPSA) is 38.3 Å². The summed E-state index contributed by atoms with van der Waals surface area (Å²) < 4.78 is 44.1. The van der Waals surface area contributed by atoms with Gasteiger partial charge in [-0.05, 0) is 53.4 Å². The highest BCUT2D eigenvalue weighted by molar-refractivity contribution is 9.10. The molecule has 3 nitrogen and oxygen atoms in total. The Bertz CT molecular complexity index is 576. The number of alkyl halides is 3. The molecule has 7 heteroatoms. The predicted octanol–water partition coefficient (Wildman–Crippen LogP) is 3.52. The number of amides is 1. The molecule has 0 saturated carbocycles. The van der Waals surface area contributed by atoms with E-state index in [4.69, 9.17) is 4.74 Å². The van der Waals surface area contributed by atoms with Gasteiger partial charge in [0.15, 0.2) is 0 Å². The maximum atomic E-state index is 12.7. The summed E-state index contributed by atoms with van der Waals surface area (Å²) in [5.74, 6) is -0.505. The summed E-state index contributed by atoms with van der Waals surface area (Å²) in [4.78, 5) is 12.2. The van der Waals surface area contributed by atoms with Crippen LogP contribution in [0.15, 0.2) is 22.7 Å². The number of halogens is 4. The first-order chi connectivity index (χ1) is 9.84. The average molecular weight is 364 g/mol. The van der Waals surface area contributed by atoms with Crippen LogP contribution in [0.2, 0.25) is 0 Å². The smallest absolute Gasteiger partial charge is 0.373 e. The SMILES string of the molecule is O=C(NC1CC2CCC1O2)c1cc(C(F)(F)F)ccc1Br. The third-order valence-electron chi connectivity index (χ3n) is 3.96. The van der Waals surface area contributed by atoms with Crippen molar-refractivity contribution in [3.05, 3.63) is 33.8 Å². The van der Waals surface area contributed by atoms with Crippen molar-refractivity contribution in [2.24, 2.45) is 0 Å². The standard InChI is InChI=1S/C14H13BrF3NO2/c15-10-3-1-7(14(16,17)18)5-9(10)13(20)19-11-6-8-2-4-12(11)21-8/h1,3,5,8,11-12H,2,4,6H2,(H,19,20). The first-order valence-electron chi connectivity index (χ1n) is 6.67. The van der Waals surface area contributed by atoms with Gasteiger partial charge in [-0.25, -0.2) is 0 Å². The molecule has 2 aliphatic heterocycles. The van der Waals surface area contributed by atoms with Crippen LogP contribution < -0.4 is 5.32 Å². The van der Waals surface area contributed by atoms with Crippen LogP contribution in [-0.4, -0.2) is 24.2 Å². The van der Waals surface area contributed by atoms with Gasteiger partial charge in [-0.3, -0.25) is 4.79 Å². The first-order valence-corrected chi connectivity index (χ1v) is 7.47. The summed E-state index contributed by atoms with van der Waals surface area (Å²) in [6, 6.07) is 2.95. The normalized spacial score (nSPS) is 27.9. The van der Waals surface area contributed by atoms with Crippen LogP contribution in [-0.2, 0) is 10.9 Å². The van der Waals surface area contributed by atoms with E-state index in [-0.39, 0.29) is 23.8 Å². The van der Waals surface area contributed by atoms with Crippen molar-refractivity contribution < 1.29 is 22.7 Å². The van der Waals surface area contributed by atoms with E-state index in [0.29, 0.717) is 4.47 Å². The minimum absolute atomic E-state index is 0.00685. The third-order valence-corrected chi connectivity index (χ3v) is 4.65. The van der Waals surface area contributed by atoms with Gasteiger partial charge in [0, 0.05) is 4.47 Å².